The van der Waals surface area contributed by atoms with Crippen molar-refractivity contribution in [3.05, 3.63) is 29.5 Å². The molecule has 0 spiro atoms. The van der Waals surface area contributed by atoms with E-state index in [-0.39, 0.29) is 5.91 Å². The summed E-state index contributed by atoms with van der Waals surface area (Å²) in [6.07, 6.45) is 2.26. The van der Waals surface area contributed by atoms with Crippen LogP contribution in [0.5, 0.6) is 0 Å². The van der Waals surface area contributed by atoms with Crippen molar-refractivity contribution in [3.63, 3.8) is 0 Å². The van der Waals surface area contributed by atoms with Gasteiger partial charge in [0.15, 0.2) is 10.8 Å². The van der Waals surface area contributed by atoms with Gasteiger partial charge < -0.3 is 9.32 Å². The zero-order chi connectivity index (χ0) is 14.7. The van der Waals surface area contributed by atoms with Crippen LogP contribution in [0, 0.1) is 0 Å². The minimum Gasteiger partial charge on any atom is -0.462 e. The van der Waals surface area contributed by atoms with Crippen molar-refractivity contribution >= 4 is 17.2 Å². The first-order valence-corrected chi connectivity index (χ1v) is 8.12. The summed E-state index contributed by atoms with van der Waals surface area (Å²) in [5.74, 6) is 1.08. The molecule has 3 heterocycles. The van der Waals surface area contributed by atoms with E-state index in [1.54, 1.807) is 17.6 Å². The molecular weight excluding hydrogens is 286 g/mol. The van der Waals surface area contributed by atoms with Gasteiger partial charge in [-0.15, -0.1) is 11.3 Å². The average Bonchev–Trinajstić information content (AvgIpc) is 3.18. The second-order valence-electron chi connectivity index (χ2n) is 5.13. The number of piperazine rings is 1. The zero-order valence-corrected chi connectivity index (χ0v) is 12.9. The molecule has 6 heteroatoms. The van der Waals surface area contributed by atoms with Crippen LogP contribution in [0.1, 0.15) is 19.0 Å². The van der Waals surface area contributed by atoms with Gasteiger partial charge in [0, 0.05) is 44.5 Å². The Bertz CT molecular complexity index is 586. The molecule has 21 heavy (non-hydrogen) atoms. The summed E-state index contributed by atoms with van der Waals surface area (Å²) in [4.78, 5) is 20.6. The van der Waals surface area contributed by atoms with E-state index in [1.165, 1.54) is 0 Å². The van der Waals surface area contributed by atoms with Gasteiger partial charge >= 0.3 is 0 Å². The minimum atomic E-state index is 0.253. The van der Waals surface area contributed by atoms with Crippen molar-refractivity contribution in [2.24, 2.45) is 0 Å². The van der Waals surface area contributed by atoms with Crippen molar-refractivity contribution in [1.82, 2.24) is 14.8 Å². The topological polar surface area (TPSA) is 49.6 Å². The number of hydrogen-bond donors (Lipinski definition) is 0. The molecule has 1 aliphatic heterocycles. The fraction of sp³-hybridized carbons (Fsp3) is 0.467. The maximum absolute atomic E-state index is 11.7. The van der Waals surface area contributed by atoms with E-state index >= 15 is 0 Å². The average molecular weight is 305 g/mol. The highest BCUT2D eigenvalue weighted by Gasteiger charge is 2.20. The Kier molecular flexibility index (Phi) is 4.36. The first kappa shape index (κ1) is 14.3. The lowest BCUT2D eigenvalue weighted by Gasteiger charge is -2.34. The molecule has 1 amide bonds. The standard InChI is InChI=1S/C15H19N3O2S/c1-2-14(19)18-7-5-17(6-8-18)10-12-11-21-15(16-12)13-4-3-9-20-13/h3-4,9,11H,2,5-8,10H2,1H3. The largest absolute Gasteiger partial charge is 0.462 e. The van der Waals surface area contributed by atoms with Gasteiger partial charge in [0.2, 0.25) is 5.91 Å². The fourth-order valence-corrected chi connectivity index (χ4v) is 3.28. The van der Waals surface area contributed by atoms with E-state index < -0.39 is 0 Å². The number of carbonyl (C=O) groups excluding carboxylic acids is 1. The van der Waals surface area contributed by atoms with Crippen molar-refractivity contribution in [2.75, 3.05) is 26.2 Å². The molecule has 1 saturated heterocycles. The molecule has 0 bridgehead atoms. The molecule has 0 N–H and O–H groups in total. The van der Waals surface area contributed by atoms with Gasteiger partial charge in [0.05, 0.1) is 12.0 Å². The first-order valence-electron chi connectivity index (χ1n) is 7.24. The molecule has 1 fully saturated rings. The van der Waals surface area contributed by atoms with E-state index in [1.807, 2.05) is 24.0 Å². The maximum Gasteiger partial charge on any atom is 0.222 e. The van der Waals surface area contributed by atoms with Crippen molar-refractivity contribution < 1.29 is 9.21 Å². The SMILES string of the molecule is CCC(=O)N1CCN(Cc2csc(-c3ccco3)n2)CC1. The van der Waals surface area contributed by atoms with Crippen LogP contribution in [-0.4, -0.2) is 46.9 Å². The zero-order valence-electron chi connectivity index (χ0n) is 12.1. The lowest BCUT2D eigenvalue weighted by atomic mass is 10.2. The van der Waals surface area contributed by atoms with E-state index in [0.29, 0.717) is 6.42 Å². The van der Waals surface area contributed by atoms with Crippen LogP contribution in [0.15, 0.2) is 28.2 Å². The Morgan fingerprint density at radius 1 is 1.38 bits per heavy atom. The van der Waals surface area contributed by atoms with Crippen LogP contribution < -0.4 is 0 Å². The minimum absolute atomic E-state index is 0.253. The van der Waals surface area contributed by atoms with E-state index in [0.717, 1.165) is 49.2 Å². The molecule has 0 aromatic carbocycles. The highest BCUT2D eigenvalue weighted by atomic mass is 32.1. The molecular formula is C15H19N3O2S. The molecule has 1 aliphatic rings. The van der Waals surface area contributed by atoms with Crippen LogP contribution in [0.4, 0.5) is 0 Å². The smallest absolute Gasteiger partial charge is 0.222 e. The Morgan fingerprint density at radius 2 is 2.19 bits per heavy atom. The second-order valence-corrected chi connectivity index (χ2v) is 5.99. The van der Waals surface area contributed by atoms with E-state index in [9.17, 15) is 4.79 Å². The van der Waals surface area contributed by atoms with Gasteiger partial charge in [-0.2, -0.15) is 0 Å². The van der Waals surface area contributed by atoms with Crippen molar-refractivity contribution in [1.29, 1.82) is 0 Å². The van der Waals surface area contributed by atoms with E-state index in [4.69, 9.17) is 4.42 Å². The number of carbonyl (C=O) groups is 1. The van der Waals surface area contributed by atoms with Crippen LogP contribution in [0.2, 0.25) is 0 Å². The fourth-order valence-electron chi connectivity index (χ4n) is 2.50. The quantitative estimate of drug-likeness (QED) is 0.870. The predicted molar refractivity (Wildman–Crippen MR) is 82.0 cm³/mol. The van der Waals surface area contributed by atoms with Crippen molar-refractivity contribution in [3.8, 4) is 10.8 Å². The molecule has 0 saturated carbocycles. The molecule has 112 valence electrons. The van der Waals surface area contributed by atoms with Gasteiger partial charge in [-0.05, 0) is 12.1 Å². The summed E-state index contributed by atoms with van der Waals surface area (Å²) < 4.78 is 5.37. The van der Waals surface area contributed by atoms with E-state index in [2.05, 4.69) is 15.3 Å². The molecule has 0 radical (unpaired) electrons. The third-order valence-electron chi connectivity index (χ3n) is 3.70. The van der Waals surface area contributed by atoms with Gasteiger partial charge in [0.25, 0.3) is 0 Å². The summed E-state index contributed by atoms with van der Waals surface area (Å²) in [5.41, 5.74) is 1.07. The molecule has 0 aliphatic carbocycles. The lowest BCUT2D eigenvalue weighted by Crippen LogP contribution is -2.48. The van der Waals surface area contributed by atoms with Crippen LogP contribution in [0.25, 0.3) is 10.8 Å². The monoisotopic (exact) mass is 305 g/mol. The molecule has 2 aromatic heterocycles. The van der Waals surface area contributed by atoms with Crippen LogP contribution in [-0.2, 0) is 11.3 Å². The highest BCUT2D eigenvalue weighted by Crippen LogP contribution is 2.24. The van der Waals surface area contributed by atoms with Crippen LogP contribution >= 0.6 is 11.3 Å². The molecule has 3 rings (SSSR count). The van der Waals surface area contributed by atoms with Gasteiger partial charge in [-0.1, -0.05) is 6.92 Å². The number of aromatic nitrogens is 1. The Balaban J connectivity index is 1.55. The first-order chi connectivity index (χ1) is 10.3. The third-order valence-corrected chi connectivity index (χ3v) is 4.60. The van der Waals surface area contributed by atoms with Crippen molar-refractivity contribution in [2.45, 2.75) is 19.9 Å². The molecule has 0 unspecified atom stereocenters. The second kappa shape index (κ2) is 6.41. The third kappa shape index (κ3) is 3.33. The van der Waals surface area contributed by atoms with Gasteiger partial charge in [-0.25, -0.2) is 4.98 Å². The highest BCUT2D eigenvalue weighted by molar-refractivity contribution is 7.13. The number of thiazole rings is 1. The number of furan rings is 1. The van der Waals surface area contributed by atoms with Gasteiger partial charge in [-0.3, -0.25) is 9.69 Å². The molecule has 2 aromatic rings. The van der Waals surface area contributed by atoms with Crippen LogP contribution in [0.3, 0.4) is 0 Å². The van der Waals surface area contributed by atoms with Gasteiger partial charge in [0.1, 0.15) is 0 Å². The molecule has 0 atom stereocenters. The Labute approximate surface area is 128 Å². The summed E-state index contributed by atoms with van der Waals surface area (Å²) in [5, 5.41) is 3.01. The number of rotatable bonds is 4. The maximum atomic E-state index is 11.7. The normalized spacial score (nSPS) is 16.3. The summed E-state index contributed by atoms with van der Waals surface area (Å²) in [7, 11) is 0. The lowest BCUT2D eigenvalue weighted by molar-refractivity contribution is -0.132. The molecule has 5 nitrogen and oxygen atoms in total. The summed E-state index contributed by atoms with van der Waals surface area (Å²) in [6.45, 7) is 6.23. The predicted octanol–water partition coefficient (Wildman–Crippen LogP) is 2.46. The summed E-state index contributed by atoms with van der Waals surface area (Å²) >= 11 is 1.61. The Hall–Kier alpha value is -1.66. The number of hydrogen-bond acceptors (Lipinski definition) is 5. The number of nitrogens with zero attached hydrogens (tertiary/aromatic N) is 3. The summed E-state index contributed by atoms with van der Waals surface area (Å²) in [6, 6.07) is 3.80. The Morgan fingerprint density at radius 3 is 2.86 bits per heavy atom. The number of amides is 1.